The summed E-state index contributed by atoms with van der Waals surface area (Å²) < 4.78 is 16.6. The van der Waals surface area contributed by atoms with Gasteiger partial charge in [-0.15, -0.1) is 0 Å². The second-order valence-electron chi connectivity index (χ2n) is 6.70. The summed E-state index contributed by atoms with van der Waals surface area (Å²) in [4.78, 5) is 36.9. The number of ether oxygens (including phenoxy) is 3. The van der Waals surface area contributed by atoms with Crippen LogP contribution in [0.2, 0.25) is 0 Å². The van der Waals surface area contributed by atoms with Crippen molar-refractivity contribution in [2.75, 3.05) is 19.7 Å². The monoisotopic (exact) mass is 388 g/mol. The third-order valence-corrected chi connectivity index (χ3v) is 4.49. The van der Waals surface area contributed by atoms with Crippen LogP contribution in [0.3, 0.4) is 0 Å². The molecule has 0 aromatic heterocycles. The van der Waals surface area contributed by atoms with E-state index in [4.69, 9.17) is 14.2 Å². The van der Waals surface area contributed by atoms with Gasteiger partial charge >= 0.3 is 12.0 Å². The molecule has 3 rings (SSSR count). The number of esters is 1. The molecule has 1 aromatic rings. The molecular formula is C20H24N2O6. The lowest BCUT2D eigenvalue weighted by Gasteiger charge is -2.17. The van der Waals surface area contributed by atoms with Gasteiger partial charge in [0.1, 0.15) is 17.6 Å². The number of carbonyl (C=O) groups excluding carboxylic acids is 3. The Labute approximate surface area is 163 Å². The molecule has 0 radical (unpaired) electrons. The van der Waals surface area contributed by atoms with Crippen molar-refractivity contribution < 1.29 is 28.6 Å². The van der Waals surface area contributed by atoms with Crippen LogP contribution in [0.25, 0.3) is 6.08 Å². The van der Waals surface area contributed by atoms with Crippen molar-refractivity contribution >= 4 is 24.0 Å². The highest BCUT2D eigenvalue weighted by molar-refractivity contribution is 5.99. The number of hydrogen-bond donors (Lipinski definition) is 1. The molecule has 8 heteroatoms. The van der Waals surface area contributed by atoms with Gasteiger partial charge in [0.05, 0.1) is 6.61 Å². The third kappa shape index (κ3) is 4.27. The Morgan fingerprint density at radius 2 is 2.21 bits per heavy atom. The molecule has 3 amide bonds. The van der Waals surface area contributed by atoms with E-state index in [1.807, 2.05) is 26.0 Å². The first-order valence-corrected chi connectivity index (χ1v) is 9.33. The van der Waals surface area contributed by atoms with Crippen molar-refractivity contribution in [3.63, 3.8) is 0 Å². The summed E-state index contributed by atoms with van der Waals surface area (Å²) in [5.74, 6) is 0.192. The quantitative estimate of drug-likeness (QED) is 0.591. The van der Waals surface area contributed by atoms with Gasteiger partial charge in [-0.2, -0.15) is 0 Å². The summed E-state index contributed by atoms with van der Waals surface area (Å²) in [5.41, 5.74) is 1.75. The summed E-state index contributed by atoms with van der Waals surface area (Å²) >= 11 is 0. The number of urea groups is 1. The first-order valence-electron chi connectivity index (χ1n) is 9.33. The molecule has 28 heavy (non-hydrogen) atoms. The Morgan fingerprint density at radius 1 is 1.43 bits per heavy atom. The largest absolute Gasteiger partial charge is 0.493 e. The Bertz CT molecular complexity index is 819. The van der Waals surface area contributed by atoms with Gasteiger partial charge in [0.25, 0.3) is 5.91 Å². The number of nitrogens with one attached hydrogen (secondary N) is 1. The first kappa shape index (κ1) is 19.7. The van der Waals surface area contributed by atoms with Crippen LogP contribution in [0.1, 0.15) is 31.9 Å². The van der Waals surface area contributed by atoms with Gasteiger partial charge in [0, 0.05) is 36.7 Å². The van der Waals surface area contributed by atoms with E-state index in [2.05, 4.69) is 5.32 Å². The minimum Gasteiger partial charge on any atom is -0.493 e. The van der Waals surface area contributed by atoms with Gasteiger partial charge in [-0.25, -0.2) is 9.59 Å². The molecule has 2 atom stereocenters. The molecule has 0 bridgehead atoms. The standard InChI is InChI=1S/C20H24N2O6/c1-4-26-16-11-15-9-12(2)27-17(15)10-14(16)5-6-18(23)28-13(3)19(24)22-8-7-21-20(22)25/h5-6,10-13H,4,7-9H2,1-3H3,(H,21,25)/b6-5+/t12-,13+/m0/s1. The van der Waals surface area contributed by atoms with Crippen molar-refractivity contribution in [2.24, 2.45) is 0 Å². The van der Waals surface area contributed by atoms with E-state index < -0.39 is 24.0 Å². The van der Waals surface area contributed by atoms with Gasteiger partial charge in [0.2, 0.25) is 0 Å². The molecule has 8 nitrogen and oxygen atoms in total. The molecule has 1 saturated heterocycles. The number of benzene rings is 1. The zero-order valence-electron chi connectivity index (χ0n) is 16.2. The molecule has 0 unspecified atom stereocenters. The number of fused-ring (bicyclic) bond motifs is 1. The van der Waals surface area contributed by atoms with Crippen molar-refractivity contribution in [3.05, 3.63) is 29.3 Å². The fourth-order valence-electron chi connectivity index (χ4n) is 3.19. The fraction of sp³-hybridized carbons (Fsp3) is 0.450. The fourth-order valence-corrected chi connectivity index (χ4v) is 3.19. The topological polar surface area (TPSA) is 94.2 Å². The van der Waals surface area contributed by atoms with Crippen molar-refractivity contribution in [2.45, 2.75) is 39.4 Å². The zero-order chi connectivity index (χ0) is 20.3. The molecule has 2 heterocycles. The SMILES string of the molecule is CCOc1cc2c(cc1/C=C/C(=O)O[C@H](C)C(=O)N1CCNC1=O)O[C@@H](C)C2. The normalized spacial score (nSPS) is 19.2. The highest BCUT2D eigenvalue weighted by Crippen LogP contribution is 2.35. The molecule has 150 valence electrons. The smallest absolute Gasteiger partial charge is 0.331 e. The summed E-state index contributed by atoms with van der Waals surface area (Å²) in [7, 11) is 0. The average Bonchev–Trinajstić information content (AvgIpc) is 3.23. The lowest BCUT2D eigenvalue weighted by Crippen LogP contribution is -2.41. The Hall–Kier alpha value is -3.03. The number of carbonyl (C=O) groups is 3. The van der Waals surface area contributed by atoms with Gasteiger partial charge in [-0.05, 0) is 39.0 Å². The van der Waals surface area contributed by atoms with Crippen LogP contribution < -0.4 is 14.8 Å². The van der Waals surface area contributed by atoms with Gasteiger partial charge < -0.3 is 19.5 Å². The van der Waals surface area contributed by atoms with Crippen LogP contribution in [-0.4, -0.2) is 54.7 Å². The van der Waals surface area contributed by atoms with Crippen LogP contribution in [0, 0.1) is 0 Å². The number of amides is 3. The van der Waals surface area contributed by atoms with E-state index >= 15 is 0 Å². The second kappa shape index (κ2) is 8.33. The van der Waals surface area contributed by atoms with Crippen molar-refractivity contribution in [1.82, 2.24) is 10.2 Å². The molecule has 1 N–H and O–H groups in total. The Morgan fingerprint density at radius 3 is 2.89 bits per heavy atom. The maximum absolute atomic E-state index is 12.2. The minimum absolute atomic E-state index is 0.100. The second-order valence-corrected chi connectivity index (χ2v) is 6.70. The van der Waals surface area contributed by atoms with Crippen molar-refractivity contribution in [3.8, 4) is 11.5 Å². The molecule has 1 fully saturated rings. The predicted octanol–water partition coefficient (Wildman–Crippen LogP) is 1.91. The van der Waals surface area contributed by atoms with Crippen LogP contribution in [0.15, 0.2) is 18.2 Å². The third-order valence-electron chi connectivity index (χ3n) is 4.49. The van der Waals surface area contributed by atoms with Gasteiger partial charge in [0.15, 0.2) is 6.10 Å². The summed E-state index contributed by atoms with van der Waals surface area (Å²) in [5, 5.41) is 2.53. The summed E-state index contributed by atoms with van der Waals surface area (Å²) in [6.45, 7) is 6.47. The van der Waals surface area contributed by atoms with E-state index in [-0.39, 0.29) is 12.6 Å². The van der Waals surface area contributed by atoms with E-state index in [9.17, 15) is 14.4 Å². The van der Waals surface area contributed by atoms with Crippen LogP contribution in [-0.2, 0) is 20.7 Å². The number of hydrogen-bond acceptors (Lipinski definition) is 6. The van der Waals surface area contributed by atoms with Gasteiger partial charge in [-0.1, -0.05) is 0 Å². The van der Waals surface area contributed by atoms with E-state index in [1.165, 1.54) is 13.0 Å². The van der Waals surface area contributed by atoms with E-state index in [0.29, 0.717) is 24.5 Å². The maximum atomic E-state index is 12.2. The number of nitrogens with zero attached hydrogens (tertiary/aromatic N) is 1. The highest BCUT2D eigenvalue weighted by Gasteiger charge is 2.31. The molecule has 1 aromatic carbocycles. The zero-order valence-corrected chi connectivity index (χ0v) is 16.2. The first-order chi connectivity index (χ1) is 13.4. The lowest BCUT2D eigenvalue weighted by atomic mass is 10.1. The van der Waals surface area contributed by atoms with Gasteiger partial charge in [-0.3, -0.25) is 9.69 Å². The van der Waals surface area contributed by atoms with E-state index in [0.717, 1.165) is 22.6 Å². The van der Waals surface area contributed by atoms with Crippen LogP contribution in [0.5, 0.6) is 11.5 Å². The molecule has 2 aliphatic rings. The van der Waals surface area contributed by atoms with E-state index in [1.54, 1.807) is 6.08 Å². The predicted molar refractivity (Wildman–Crippen MR) is 101 cm³/mol. The molecular weight excluding hydrogens is 364 g/mol. The number of imide groups is 1. The van der Waals surface area contributed by atoms with Crippen molar-refractivity contribution in [1.29, 1.82) is 0 Å². The maximum Gasteiger partial charge on any atom is 0.331 e. The van der Waals surface area contributed by atoms with Crippen LogP contribution >= 0.6 is 0 Å². The Balaban J connectivity index is 1.67. The average molecular weight is 388 g/mol. The number of rotatable bonds is 6. The highest BCUT2D eigenvalue weighted by atomic mass is 16.5. The summed E-state index contributed by atoms with van der Waals surface area (Å²) in [6.07, 6.45) is 2.65. The minimum atomic E-state index is -1.06. The van der Waals surface area contributed by atoms with Crippen LogP contribution in [0.4, 0.5) is 4.79 Å². The molecule has 2 aliphatic heterocycles. The summed E-state index contributed by atoms with van der Waals surface area (Å²) in [6, 6.07) is 3.28. The lowest BCUT2D eigenvalue weighted by molar-refractivity contribution is -0.153. The molecule has 0 spiro atoms. The molecule has 0 saturated carbocycles. The molecule has 0 aliphatic carbocycles. The Kier molecular flexibility index (Phi) is 5.87.